The highest BCUT2D eigenvalue weighted by Gasteiger charge is 2.30. The van der Waals surface area contributed by atoms with Gasteiger partial charge in [0.15, 0.2) is 0 Å². The summed E-state index contributed by atoms with van der Waals surface area (Å²) in [5.74, 6) is -3.49. The molecule has 1 aromatic carbocycles. The van der Waals surface area contributed by atoms with Crippen molar-refractivity contribution in [3.05, 3.63) is 54.2 Å². The molecule has 11 N–H and O–H groups in total. The Balaban J connectivity index is 1.67. The van der Waals surface area contributed by atoms with Crippen LogP contribution >= 0.6 is 0 Å². The molecule has 3 aromatic rings. The fraction of sp³-hybridized carbons (Fsp3) is 0.423. The van der Waals surface area contributed by atoms with Gasteiger partial charge in [0.1, 0.15) is 18.1 Å². The number of H-pyrrole nitrogens is 2. The van der Waals surface area contributed by atoms with E-state index in [1.54, 1.807) is 6.20 Å². The fourth-order valence-corrected chi connectivity index (χ4v) is 4.22. The molecule has 0 saturated heterocycles. The summed E-state index contributed by atoms with van der Waals surface area (Å²) in [4.78, 5) is 60.4. The van der Waals surface area contributed by atoms with E-state index in [2.05, 4.69) is 30.9 Å². The van der Waals surface area contributed by atoms with Gasteiger partial charge in [-0.2, -0.15) is 0 Å². The molecule has 0 aliphatic rings. The van der Waals surface area contributed by atoms with Gasteiger partial charge in [0.05, 0.1) is 19.0 Å². The number of benzene rings is 1. The minimum absolute atomic E-state index is 0.00597. The van der Waals surface area contributed by atoms with Gasteiger partial charge in [-0.25, -0.2) is 9.78 Å². The molecule has 216 valence electrons. The van der Waals surface area contributed by atoms with Gasteiger partial charge in [-0.05, 0) is 43.9 Å². The summed E-state index contributed by atoms with van der Waals surface area (Å²) in [5.41, 5.74) is 13.9. The second-order valence-electron chi connectivity index (χ2n) is 9.44. The predicted molar refractivity (Wildman–Crippen MR) is 146 cm³/mol. The van der Waals surface area contributed by atoms with Crippen molar-refractivity contribution in [1.29, 1.82) is 0 Å². The number of carbonyl (C=O) groups excluding carboxylic acids is 3. The molecule has 0 aliphatic carbocycles. The van der Waals surface area contributed by atoms with Crippen LogP contribution in [0.3, 0.4) is 0 Å². The highest BCUT2D eigenvalue weighted by Crippen LogP contribution is 2.18. The number of nitrogens with one attached hydrogen (secondary N) is 5. The molecule has 0 saturated carbocycles. The van der Waals surface area contributed by atoms with Gasteiger partial charge in [0, 0.05) is 35.4 Å². The van der Waals surface area contributed by atoms with E-state index in [9.17, 15) is 29.4 Å². The van der Waals surface area contributed by atoms with Gasteiger partial charge in [0.25, 0.3) is 0 Å². The molecule has 0 spiro atoms. The monoisotopic (exact) mass is 556 g/mol. The molecule has 0 fully saturated rings. The molecule has 2 aromatic heterocycles. The Labute approximate surface area is 230 Å². The topological polar surface area (TPSA) is 241 Å². The van der Waals surface area contributed by atoms with Crippen molar-refractivity contribution in [3.63, 3.8) is 0 Å². The number of nitrogens with zero attached hydrogens (tertiary/aromatic N) is 1. The highest BCUT2D eigenvalue weighted by atomic mass is 16.4. The maximum Gasteiger partial charge on any atom is 0.326 e. The number of nitrogens with two attached hydrogens (primary N) is 2. The second-order valence-corrected chi connectivity index (χ2v) is 9.44. The first-order valence-electron chi connectivity index (χ1n) is 13.0. The first kappa shape index (κ1) is 30.3. The van der Waals surface area contributed by atoms with Gasteiger partial charge in [0.2, 0.25) is 17.7 Å². The smallest absolute Gasteiger partial charge is 0.326 e. The Kier molecular flexibility index (Phi) is 11.2. The number of hydrogen-bond acceptors (Lipinski definition) is 8. The van der Waals surface area contributed by atoms with Crippen LogP contribution in [0.25, 0.3) is 10.9 Å². The molecule has 14 nitrogen and oxygen atoms in total. The average Bonchev–Trinajstić information content (AvgIpc) is 3.60. The van der Waals surface area contributed by atoms with E-state index in [4.69, 9.17) is 11.5 Å². The molecule has 3 rings (SSSR count). The number of imidazole rings is 1. The van der Waals surface area contributed by atoms with Crippen molar-refractivity contribution >= 4 is 34.6 Å². The van der Waals surface area contributed by atoms with E-state index in [0.717, 1.165) is 16.5 Å². The van der Waals surface area contributed by atoms with Crippen LogP contribution in [0.2, 0.25) is 0 Å². The molecule has 3 amide bonds. The Morgan fingerprint density at radius 1 is 0.925 bits per heavy atom. The molecular formula is C26H36N8O6. The zero-order valence-electron chi connectivity index (χ0n) is 21.9. The minimum atomic E-state index is -1.45. The number of aromatic nitrogens is 3. The maximum absolute atomic E-state index is 13.2. The molecular weight excluding hydrogens is 520 g/mol. The van der Waals surface area contributed by atoms with Crippen molar-refractivity contribution in [2.75, 3.05) is 13.2 Å². The molecule has 4 atom stereocenters. The largest absolute Gasteiger partial charge is 0.480 e. The van der Waals surface area contributed by atoms with E-state index >= 15 is 0 Å². The number of aliphatic carboxylic acids is 1. The van der Waals surface area contributed by atoms with Gasteiger partial charge in [-0.1, -0.05) is 18.2 Å². The van der Waals surface area contributed by atoms with Crippen LogP contribution in [0.1, 0.15) is 30.5 Å². The lowest BCUT2D eigenvalue weighted by Crippen LogP contribution is -2.58. The van der Waals surface area contributed by atoms with Crippen LogP contribution in [0.5, 0.6) is 0 Å². The number of aliphatic hydroxyl groups excluding tert-OH is 1. The van der Waals surface area contributed by atoms with E-state index in [1.807, 2.05) is 24.3 Å². The number of aliphatic hydroxyl groups is 1. The maximum atomic E-state index is 13.2. The summed E-state index contributed by atoms with van der Waals surface area (Å²) >= 11 is 0. The number of carboxylic acids is 1. The number of aromatic amines is 2. The molecule has 2 heterocycles. The zero-order valence-corrected chi connectivity index (χ0v) is 21.9. The van der Waals surface area contributed by atoms with Crippen molar-refractivity contribution in [2.24, 2.45) is 11.5 Å². The molecule has 0 bridgehead atoms. The Morgan fingerprint density at radius 3 is 2.30 bits per heavy atom. The van der Waals surface area contributed by atoms with E-state index < -0.39 is 54.5 Å². The van der Waals surface area contributed by atoms with Gasteiger partial charge in [-0.3, -0.25) is 14.4 Å². The number of rotatable bonds is 16. The third-order valence-corrected chi connectivity index (χ3v) is 6.44. The summed E-state index contributed by atoms with van der Waals surface area (Å²) in [6.07, 6.45) is 6.06. The third kappa shape index (κ3) is 8.36. The van der Waals surface area contributed by atoms with Crippen molar-refractivity contribution in [1.82, 2.24) is 30.9 Å². The number of fused-ring (bicyclic) bond motifs is 1. The Morgan fingerprint density at radius 2 is 1.62 bits per heavy atom. The van der Waals surface area contributed by atoms with Gasteiger partial charge in [-0.15, -0.1) is 0 Å². The summed E-state index contributed by atoms with van der Waals surface area (Å²) < 4.78 is 0. The number of carbonyl (C=O) groups is 4. The second kappa shape index (κ2) is 14.8. The van der Waals surface area contributed by atoms with E-state index in [1.165, 1.54) is 12.5 Å². The van der Waals surface area contributed by atoms with Crippen LogP contribution in [-0.2, 0) is 32.0 Å². The number of hydrogen-bond donors (Lipinski definition) is 9. The van der Waals surface area contributed by atoms with Gasteiger partial charge < -0.3 is 47.6 Å². The minimum Gasteiger partial charge on any atom is -0.480 e. The quantitative estimate of drug-likeness (QED) is 0.0947. The molecule has 4 unspecified atom stereocenters. The lowest BCUT2D eigenvalue weighted by molar-refractivity contribution is -0.142. The average molecular weight is 557 g/mol. The van der Waals surface area contributed by atoms with Crippen molar-refractivity contribution in [2.45, 2.75) is 56.3 Å². The summed E-state index contributed by atoms with van der Waals surface area (Å²) in [6.45, 7) is -0.415. The highest BCUT2D eigenvalue weighted by molar-refractivity contribution is 5.94. The van der Waals surface area contributed by atoms with Crippen LogP contribution in [-0.4, -0.2) is 86.2 Å². The lowest BCUT2D eigenvalue weighted by atomic mass is 10.0. The number of para-hydroxylation sites is 1. The fourth-order valence-electron chi connectivity index (χ4n) is 4.22. The van der Waals surface area contributed by atoms with Crippen molar-refractivity contribution in [3.8, 4) is 0 Å². The summed E-state index contributed by atoms with van der Waals surface area (Å²) in [5, 5.41) is 27.5. The Hall–Kier alpha value is -4.27. The van der Waals surface area contributed by atoms with Crippen molar-refractivity contribution < 1.29 is 29.4 Å². The predicted octanol–water partition coefficient (Wildman–Crippen LogP) is -1.34. The first-order valence-corrected chi connectivity index (χ1v) is 13.0. The molecule has 0 aliphatic heterocycles. The lowest BCUT2D eigenvalue weighted by Gasteiger charge is -2.24. The Bertz CT molecular complexity index is 1280. The number of unbranched alkanes of at least 4 members (excludes halogenated alkanes) is 1. The summed E-state index contributed by atoms with van der Waals surface area (Å²) in [6, 6.07) is 2.75. The van der Waals surface area contributed by atoms with E-state index in [-0.39, 0.29) is 19.3 Å². The standard InChI is InChI=1S/C26H36N8O6/c27-8-4-3-7-20(26(39)40)32-25(38)22(13-35)34-24(37)21(10-16-12-29-14-31-16)33-23(36)18(28)9-15-11-30-19-6-2-1-5-17(15)19/h1-2,5-6,11-12,14,18,20-22,30,35H,3-4,7-10,13,27-28H2,(H,29,31)(H,32,38)(H,33,36)(H,34,37)(H,39,40). The van der Waals surface area contributed by atoms with Crippen LogP contribution in [0.15, 0.2) is 43.0 Å². The summed E-state index contributed by atoms with van der Waals surface area (Å²) in [7, 11) is 0. The van der Waals surface area contributed by atoms with Crippen LogP contribution < -0.4 is 27.4 Å². The molecule has 0 radical (unpaired) electrons. The number of carboxylic acid groups (broad SMARTS) is 1. The first-order chi connectivity index (χ1) is 19.2. The van der Waals surface area contributed by atoms with E-state index in [0.29, 0.717) is 25.1 Å². The van der Waals surface area contributed by atoms with Crippen LogP contribution in [0.4, 0.5) is 0 Å². The van der Waals surface area contributed by atoms with Gasteiger partial charge >= 0.3 is 5.97 Å². The molecule has 14 heteroatoms. The number of amides is 3. The SMILES string of the molecule is NCCCCC(NC(=O)C(CO)NC(=O)C(Cc1cnc[nH]1)NC(=O)C(N)Cc1c[nH]c2ccccc12)C(=O)O. The zero-order chi connectivity index (χ0) is 29.1. The van der Waals surface area contributed by atoms with Crippen LogP contribution in [0, 0.1) is 0 Å². The normalized spacial score (nSPS) is 14.2. The molecule has 40 heavy (non-hydrogen) atoms. The third-order valence-electron chi connectivity index (χ3n) is 6.44.